The van der Waals surface area contributed by atoms with Crippen LogP contribution in [0.15, 0.2) is 85.3 Å². The highest BCUT2D eigenvalue weighted by Crippen LogP contribution is 2.44. The summed E-state index contributed by atoms with van der Waals surface area (Å²) in [5, 5.41) is 73.3. The number of carbonyl (C=O) groups is 7. The molecule has 0 spiro atoms. The van der Waals surface area contributed by atoms with Crippen LogP contribution in [-0.4, -0.2) is 190 Å². The van der Waals surface area contributed by atoms with Gasteiger partial charge < -0.3 is 104 Å². The zero-order valence-electron chi connectivity index (χ0n) is 48.3. The maximum atomic E-state index is 14.7. The Labute approximate surface area is 502 Å². The minimum atomic E-state index is -2.03. The molecule has 7 atom stereocenters. The van der Waals surface area contributed by atoms with Gasteiger partial charge >= 0.3 is 12.1 Å². The summed E-state index contributed by atoms with van der Waals surface area (Å²) in [5.74, 6) is 0.973. The molecule has 2 aromatic heterocycles. The number of carboxylic acids is 1. The molecule has 3 aliphatic heterocycles. The summed E-state index contributed by atoms with van der Waals surface area (Å²) in [6.45, 7) is -0.382. The van der Waals surface area contributed by atoms with Crippen molar-refractivity contribution in [3.63, 3.8) is 0 Å². The van der Waals surface area contributed by atoms with Crippen molar-refractivity contribution < 1.29 is 102 Å². The number of carbonyl (C=O) groups excluding carboxylic acids is 6. The number of hydrogen-bond acceptors (Lipinski definition) is 21. The lowest BCUT2D eigenvalue weighted by atomic mass is 9.99. The smallest absolute Gasteiger partial charge is 0.416 e. The van der Waals surface area contributed by atoms with E-state index in [4.69, 9.17) is 44.2 Å². The molecule has 0 bridgehead atoms. The van der Waals surface area contributed by atoms with Gasteiger partial charge in [-0.25, -0.2) is 20.4 Å². The molecule has 6 amide bonds. The Morgan fingerprint density at radius 3 is 2.12 bits per heavy atom. The van der Waals surface area contributed by atoms with Crippen molar-refractivity contribution in [2.24, 2.45) is 20.0 Å². The Balaban J connectivity index is 0.996. The molecule has 1 unspecified atom stereocenters. The van der Waals surface area contributed by atoms with Gasteiger partial charge in [0.1, 0.15) is 47.8 Å². The van der Waals surface area contributed by atoms with E-state index in [2.05, 4.69) is 26.1 Å². The second kappa shape index (κ2) is 29.5. The fraction of sp³-hybridized carbons (Fsp3) is 0.397. The molecule has 1 saturated heterocycles. The number of carboxylic acid groups (broad SMARTS) is 1. The zero-order chi connectivity index (χ0) is 63.3. The van der Waals surface area contributed by atoms with Crippen LogP contribution in [0.2, 0.25) is 0 Å². The summed E-state index contributed by atoms with van der Waals surface area (Å²) in [6.07, 6.45) is -7.75. The number of aliphatic hydroxyl groups excluding tert-OH is 5. The number of aliphatic carboxylic acids is 1. The highest BCUT2D eigenvalue weighted by atomic mass is 16.7. The maximum absolute atomic E-state index is 14.7. The van der Waals surface area contributed by atoms with E-state index in [1.54, 1.807) is 61.5 Å². The predicted molar refractivity (Wildman–Crippen MR) is 308 cm³/mol. The van der Waals surface area contributed by atoms with Crippen LogP contribution in [0.5, 0.6) is 23.0 Å². The molecule has 0 aliphatic carbocycles. The summed E-state index contributed by atoms with van der Waals surface area (Å²) >= 11 is 0. The van der Waals surface area contributed by atoms with Gasteiger partial charge in [-0.15, -0.1) is 0 Å². The zero-order valence-corrected chi connectivity index (χ0v) is 48.3. The standard InChI is InChI=1S/C58H69N9O21/c1-64-29-35(24-40(64)52(74)60-14-6-16-68)63-53(75)41-23-34(28-65(41)2)62-46(69)7-5-17-84-45-26-39-37(25-44(45)82-4)54(76)66-27-33(32-9-11-36(81-3)12-10-32)22-42(66)55(77)67(39)58(80)85-30-31-8-13-43(38(21-31)51(73)61-15-18-83-19-20-86-59)87-57-49(72)47(70)48(71)50(88-57)56(78)79/h8-13,21,23-29,42,47-50,55,57,68,70-72,77H,5-7,14-20,22,30,59H2,1-4H3,(H,60,74)(H,61,73)(H,62,69)(H,63,75)(H,78,79)/t42-,47-,48-,49+,50-,55?,57+/m0/s1. The third-order valence-corrected chi connectivity index (χ3v) is 14.4. The maximum Gasteiger partial charge on any atom is 0.416 e. The third-order valence-electron chi connectivity index (χ3n) is 14.4. The molecular formula is C58H69N9O21. The number of nitrogens with two attached hydrogens (primary N) is 1. The Kier molecular flexibility index (Phi) is 21.8. The van der Waals surface area contributed by atoms with Gasteiger partial charge in [0.15, 0.2) is 23.8 Å². The number of benzene rings is 3. The molecule has 0 radical (unpaired) electrons. The number of aryl methyl sites for hydroxylation is 2. The van der Waals surface area contributed by atoms with E-state index in [9.17, 15) is 59.1 Å². The van der Waals surface area contributed by atoms with Gasteiger partial charge in [0.2, 0.25) is 12.2 Å². The molecule has 12 N–H and O–H groups in total. The summed E-state index contributed by atoms with van der Waals surface area (Å²) in [4.78, 5) is 101. The van der Waals surface area contributed by atoms with Gasteiger partial charge in [0.05, 0.1) is 74.9 Å². The lowest BCUT2D eigenvalue weighted by Crippen LogP contribution is -2.61. The summed E-state index contributed by atoms with van der Waals surface area (Å²) in [5.41, 5.74) is 2.14. The lowest BCUT2D eigenvalue weighted by molar-refractivity contribution is -0.271. The summed E-state index contributed by atoms with van der Waals surface area (Å²) < 4.78 is 42.5. The fourth-order valence-corrected chi connectivity index (χ4v) is 9.85. The molecule has 3 aromatic carbocycles. The average molecular weight is 1230 g/mol. The third kappa shape index (κ3) is 15.2. The van der Waals surface area contributed by atoms with Crippen LogP contribution < -0.4 is 51.0 Å². The van der Waals surface area contributed by atoms with Gasteiger partial charge in [-0.3, -0.25) is 24.0 Å². The van der Waals surface area contributed by atoms with Crippen LogP contribution in [-0.2, 0) is 49.3 Å². The number of aliphatic hydroxyl groups is 5. The molecule has 8 rings (SSSR count). The molecule has 5 aromatic rings. The minimum Gasteiger partial charge on any atom is -0.497 e. The first-order chi connectivity index (χ1) is 42.2. The lowest BCUT2D eigenvalue weighted by Gasteiger charge is -2.38. The monoisotopic (exact) mass is 1230 g/mol. The number of aromatic nitrogens is 2. The average Bonchev–Trinajstić information content (AvgIpc) is 1.91. The van der Waals surface area contributed by atoms with Gasteiger partial charge in [-0.2, -0.15) is 0 Å². The van der Waals surface area contributed by atoms with Gasteiger partial charge in [-0.05, 0) is 78.4 Å². The number of hydrogen-bond donors (Lipinski definition) is 11. The van der Waals surface area contributed by atoms with Crippen molar-refractivity contribution in [3.05, 3.63) is 119 Å². The largest absolute Gasteiger partial charge is 0.497 e. The SMILES string of the molecule is COc1ccc(C2=CN3C(=O)c4cc(OC)c(OCCCC(=O)Nc5cc(C(=O)Nc6cc(C(=O)NCCCO)n(C)c6)n(C)c5)cc4N(C(=O)OCc4ccc(O[C@@H]5O[C@H](C(=O)O)[C@@H](O)[C@H](O)[C@H]5O)c(C(=O)NCCOCCON)c4)C(O)[C@@H]3C2)cc1. The van der Waals surface area contributed by atoms with Crippen LogP contribution >= 0.6 is 0 Å². The molecule has 3 aliphatic rings. The fourth-order valence-electron chi connectivity index (χ4n) is 9.85. The first-order valence-corrected chi connectivity index (χ1v) is 27.6. The van der Waals surface area contributed by atoms with Crippen molar-refractivity contribution in [2.75, 3.05) is 75.9 Å². The number of nitrogens with zero attached hydrogens (tertiary/aromatic N) is 4. The number of fused-ring (bicyclic) bond motifs is 2. The normalized spacial score (nSPS) is 19.5. The van der Waals surface area contributed by atoms with Crippen LogP contribution in [0.4, 0.5) is 21.9 Å². The molecule has 30 heteroatoms. The predicted octanol–water partition coefficient (Wildman–Crippen LogP) is 1.18. The number of amides is 6. The Bertz CT molecular complexity index is 3390. The molecule has 472 valence electrons. The molecule has 88 heavy (non-hydrogen) atoms. The Hall–Kier alpha value is -9.11. The molecule has 30 nitrogen and oxygen atoms in total. The quantitative estimate of drug-likeness (QED) is 0.0260. The van der Waals surface area contributed by atoms with Crippen LogP contribution in [0, 0.1) is 0 Å². The number of methoxy groups -OCH3 is 2. The Morgan fingerprint density at radius 1 is 0.739 bits per heavy atom. The number of ether oxygens (including phenoxy) is 7. The topological polar surface area (TPSA) is 405 Å². The van der Waals surface area contributed by atoms with Gasteiger partial charge in [-0.1, -0.05) is 18.2 Å². The van der Waals surface area contributed by atoms with Crippen molar-refractivity contribution in [1.82, 2.24) is 24.7 Å². The minimum absolute atomic E-state index is 0.00297. The van der Waals surface area contributed by atoms with Crippen LogP contribution in [0.1, 0.15) is 78.5 Å². The van der Waals surface area contributed by atoms with E-state index in [-0.39, 0.29) is 122 Å². The molecule has 1 fully saturated rings. The summed E-state index contributed by atoms with van der Waals surface area (Å²) in [7, 11) is 6.11. The molecule has 5 heterocycles. The second-order valence-electron chi connectivity index (χ2n) is 20.4. The van der Waals surface area contributed by atoms with Crippen molar-refractivity contribution in [2.45, 2.75) is 75.3 Å². The summed E-state index contributed by atoms with van der Waals surface area (Å²) in [6, 6.07) is 15.4. The number of rotatable bonds is 27. The van der Waals surface area contributed by atoms with Crippen molar-refractivity contribution in [1.29, 1.82) is 0 Å². The number of anilines is 3. The van der Waals surface area contributed by atoms with Crippen LogP contribution in [0.3, 0.4) is 0 Å². The van der Waals surface area contributed by atoms with E-state index >= 15 is 0 Å². The van der Waals surface area contributed by atoms with Crippen molar-refractivity contribution >= 4 is 64.2 Å². The molecule has 0 saturated carbocycles. The highest BCUT2D eigenvalue weighted by Gasteiger charge is 2.49. The molecular weight excluding hydrogens is 1160 g/mol. The second-order valence-corrected chi connectivity index (χ2v) is 20.4. The van der Waals surface area contributed by atoms with Crippen LogP contribution in [0.25, 0.3) is 5.57 Å². The van der Waals surface area contributed by atoms with Gasteiger partial charge in [0, 0.05) is 64.9 Å². The van der Waals surface area contributed by atoms with Gasteiger partial charge in [0.25, 0.3) is 23.6 Å². The van der Waals surface area contributed by atoms with E-state index in [0.29, 0.717) is 34.7 Å². The van der Waals surface area contributed by atoms with E-state index < -0.39 is 85.3 Å². The van der Waals surface area contributed by atoms with E-state index in [1.807, 2.05) is 0 Å². The van der Waals surface area contributed by atoms with E-state index in [1.165, 1.54) is 66.2 Å². The number of nitrogens with one attached hydrogen (secondary N) is 4. The highest BCUT2D eigenvalue weighted by molar-refractivity contribution is 6.08. The Morgan fingerprint density at radius 2 is 1.44 bits per heavy atom. The first kappa shape index (κ1) is 64.9. The van der Waals surface area contributed by atoms with Crippen molar-refractivity contribution in [3.8, 4) is 23.0 Å². The first-order valence-electron chi connectivity index (χ1n) is 27.6. The van der Waals surface area contributed by atoms with E-state index in [0.717, 1.165) is 4.90 Å².